The van der Waals surface area contributed by atoms with Gasteiger partial charge >= 0.3 is 0 Å². The smallest absolute Gasteiger partial charge is 0.254 e. The Labute approximate surface area is 165 Å². The van der Waals surface area contributed by atoms with Gasteiger partial charge in [-0.15, -0.1) is 0 Å². The number of amides is 1. The van der Waals surface area contributed by atoms with Crippen molar-refractivity contribution < 1.29 is 4.79 Å². The van der Waals surface area contributed by atoms with Crippen molar-refractivity contribution in [2.45, 2.75) is 26.3 Å². The van der Waals surface area contributed by atoms with E-state index in [0.29, 0.717) is 5.56 Å². The number of carbonyl (C=O) groups is 1. The topological polar surface area (TPSA) is 54.3 Å². The number of carbonyl (C=O) groups excluding carboxylic acids is 1. The van der Waals surface area contributed by atoms with Crippen LogP contribution in [0.15, 0.2) is 42.6 Å². The fraction of sp³-hybridized carbons (Fsp3) is 0.409. The second-order valence-electron chi connectivity index (χ2n) is 7.79. The number of hydrogen-bond acceptors (Lipinski definition) is 4. The number of likely N-dealkylation sites (N-methyl/N-ethyl adjacent to an activating group) is 1. The van der Waals surface area contributed by atoms with Crippen molar-refractivity contribution in [2.75, 3.05) is 33.2 Å². The lowest BCUT2D eigenvalue weighted by Crippen LogP contribution is -2.34. The minimum absolute atomic E-state index is 0.0724. The molecule has 0 N–H and O–H groups in total. The predicted octanol–water partition coefficient (Wildman–Crippen LogP) is 3.46. The third-order valence-corrected chi connectivity index (χ3v) is 5.36. The van der Waals surface area contributed by atoms with Gasteiger partial charge in [0.05, 0.1) is 22.8 Å². The maximum Gasteiger partial charge on any atom is 0.254 e. The molecule has 6 heteroatoms. The Morgan fingerprint density at radius 2 is 1.86 bits per heavy atom. The van der Waals surface area contributed by atoms with Crippen LogP contribution in [-0.4, -0.2) is 63.7 Å². The van der Waals surface area contributed by atoms with E-state index in [2.05, 4.69) is 30.9 Å². The first-order valence-corrected chi connectivity index (χ1v) is 9.96. The van der Waals surface area contributed by atoms with Crippen LogP contribution in [0.5, 0.6) is 0 Å². The van der Waals surface area contributed by atoms with E-state index in [4.69, 9.17) is 4.98 Å². The van der Waals surface area contributed by atoms with Crippen LogP contribution in [0, 0.1) is 0 Å². The normalized spacial score (nSPS) is 15.9. The Morgan fingerprint density at radius 1 is 1.07 bits per heavy atom. The van der Waals surface area contributed by atoms with Crippen LogP contribution in [0.1, 0.15) is 36.7 Å². The van der Waals surface area contributed by atoms with Crippen LogP contribution in [0.2, 0.25) is 0 Å². The standard InChI is InChI=1S/C22H27N5O/c1-16(2)27-21-19(15-23-27)18(14-20(24-21)17-8-5-4-6-9-17)22(28)26-11-7-10-25(3)12-13-26/h4-6,8-9,14-16H,7,10-13H2,1-3H3. The van der Waals surface area contributed by atoms with Crippen molar-refractivity contribution in [2.24, 2.45) is 0 Å². The van der Waals surface area contributed by atoms with Gasteiger partial charge in [-0.2, -0.15) is 5.10 Å². The molecule has 0 bridgehead atoms. The molecule has 3 heterocycles. The van der Waals surface area contributed by atoms with E-state index in [1.54, 1.807) is 6.20 Å². The van der Waals surface area contributed by atoms with Crippen LogP contribution in [0.3, 0.4) is 0 Å². The second kappa shape index (κ2) is 7.72. The molecule has 1 aliphatic rings. The summed E-state index contributed by atoms with van der Waals surface area (Å²) >= 11 is 0. The predicted molar refractivity (Wildman–Crippen MR) is 111 cm³/mol. The van der Waals surface area contributed by atoms with Crippen molar-refractivity contribution in [3.05, 3.63) is 48.2 Å². The van der Waals surface area contributed by atoms with Crippen LogP contribution in [0.25, 0.3) is 22.3 Å². The first-order valence-electron chi connectivity index (χ1n) is 9.96. The number of hydrogen-bond donors (Lipinski definition) is 0. The number of nitrogens with zero attached hydrogens (tertiary/aromatic N) is 5. The summed E-state index contributed by atoms with van der Waals surface area (Å²) in [7, 11) is 2.11. The molecule has 1 aliphatic heterocycles. The number of aromatic nitrogens is 3. The molecule has 0 saturated carbocycles. The molecule has 6 nitrogen and oxygen atoms in total. The molecule has 0 spiro atoms. The molecule has 2 aromatic heterocycles. The minimum atomic E-state index is 0.0724. The van der Waals surface area contributed by atoms with E-state index in [1.165, 1.54) is 0 Å². The van der Waals surface area contributed by atoms with Crippen molar-refractivity contribution in [3.8, 4) is 11.3 Å². The third-order valence-electron chi connectivity index (χ3n) is 5.36. The highest BCUT2D eigenvalue weighted by Gasteiger charge is 2.24. The lowest BCUT2D eigenvalue weighted by atomic mass is 10.1. The maximum absolute atomic E-state index is 13.5. The first-order chi connectivity index (χ1) is 13.5. The molecule has 4 rings (SSSR count). The van der Waals surface area contributed by atoms with Gasteiger partial charge in [0, 0.05) is 31.2 Å². The largest absolute Gasteiger partial charge is 0.337 e. The average Bonchev–Trinajstić information content (AvgIpc) is 3.02. The molecule has 3 aromatic rings. The Balaban J connectivity index is 1.83. The quantitative estimate of drug-likeness (QED) is 0.701. The highest BCUT2D eigenvalue weighted by Crippen LogP contribution is 2.27. The summed E-state index contributed by atoms with van der Waals surface area (Å²) in [5, 5.41) is 5.35. The molecule has 1 fully saturated rings. The van der Waals surface area contributed by atoms with Gasteiger partial charge in [0.25, 0.3) is 5.91 Å². The summed E-state index contributed by atoms with van der Waals surface area (Å²) in [5.74, 6) is 0.0724. The van der Waals surface area contributed by atoms with Gasteiger partial charge in [0.15, 0.2) is 5.65 Å². The average molecular weight is 377 g/mol. The van der Waals surface area contributed by atoms with E-state index in [1.807, 2.05) is 46.0 Å². The zero-order chi connectivity index (χ0) is 19.7. The molecule has 0 atom stereocenters. The number of pyridine rings is 1. The van der Waals surface area contributed by atoms with Crippen molar-refractivity contribution >= 4 is 16.9 Å². The zero-order valence-electron chi connectivity index (χ0n) is 16.8. The molecule has 146 valence electrons. The maximum atomic E-state index is 13.5. The molecule has 0 unspecified atom stereocenters. The molecule has 0 aliphatic carbocycles. The van der Waals surface area contributed by atoms with Crippen molar-refractivity contribution in [1.82, 2.24) is 24.6 Å². The number of benzene rings is 1. The molecular formula is C22H27N5O. The highest BCUT2D eigenvalue weighted by molar-refractivity contribution is 6.06. The molecular weight excluding hydrogens is 350 g/mol. The van der Waals surface area contributed by atoms with Gasteiger partial charge < -0.3 is 9.80 Å². The monoisotopic (exact) mass is 377 g/mol. The van der Waals surface area contributed by atoms with Crippen LogP contribution >= 0.6 is 0 Å². The summed E-state index contributed by atoms with van der Waals surface area (Å²) in [6.45, 7) is 7.61. The lowest BCUT2D eigenvalue weighted by molar-refractivity contribution is 0.0764. The zero-order valence-corrected chi connectivity index (χ0v) is 16.8. The van der Waals surface area contributed by atoms with E-state index in [0.717, 1.165) is 54.9 Å². The fourth-order valence-corrected chi connectivity index (χ4v) is 3.75. The van der Waals surface area contributed by atoms with Crippen molar-refractivity contribution in [1.29, 1.82) is 0 Å². The van der Waals surface area contributed by atoms with Gasteiger partial charge in [-0.1, -0.05) is 30.3 Å². The molecule has 0 radical (unpaired) electrons. The van der Waals surface area contributed by atoms with Gasteiger partial charge in [-0.05, 0) is 39.9 Å². The van der Waals surface area contributed by atoms with E-state index >= 15 is 0 Å². The van der Waals surface area contributed by atoms with Crippen molar-refractivity contribution in [3.63, 3.8) is 0 Å². The Morgan fingerprint density at radius 3 is 2.61 bits per heavy atom. The second-order valence-corrected chi connectivity index (χ2v) is 7.79. The highest BCUT2D eigenvalue weighted by atomic mass is 16.2. The number of rotatable bonds is 3. The van der Waals surface area contributed by atoms with Crippen LogP contribution < -0.4 is 0 Å². The van der Waals surface area contributed by atoms with E-state index in [-0.39, 0.29) is 11.9 Å². The molecule has 1 aromatic carbocycles. The fourth-order valence-electron chi connectivity index (χ4n) is 3.75. The van der Waals surface area contributed by atoms with E-state index in [9.17, 15) is 4.79 Å². The van der Waals surface area contributed by atoms with Crippen LogP contribution in [-0.2, 0) is 0 Å². The molecule has 1 amide bonds. The minimum Gasteiger partial charge on any atom is -0.337 e. The van der Waals surface area contributed by atoms with E-state index < -0.39 is 0 Å². The lowest BCUT2D eigenvalue weighted by Gasteiger charge is -2.21. The Kier molecular flexibility index (Phi) is 5.13. The summed E-state index contributed by atoms with van der Waals surface area (Å²) < 4.78 is 1.90. The van der Waals surface area contributed by atoms with Gasteiger partial charge in [-0.3, -0.25) is 4.79 Å². The SMILES string of the molecule is CC(C)n1ncc2c(C(=O)N3CCCN(C)CC3)cc(-c3ccccc3)nc21. The summed E-state index contributed by atoms with van der Waals surface area (Å²) in [4.78, 5) is 22.6. The van der Waals surface area contributed by atoms with Gasteiger partial charge in [-0.25, -0.2) is 9.67 Å². The Hall–Kier alpha value is -2.73. The summed E-state index contributed by atoms with van der Waals surface area (Å²) in [5.41, 5.74) is 3.28. The van der Waals surface area contributed by atoms with Gasteiger partial charge in [0.2, 0.25) is 0 Å². The van der Waals surface area contributed by atoms with Gasteiger partial charge in [0.1, 0.15) is 0 Å². The summed E-state index contributed by atoms with van der Waals surface area (Å²) in [6, 6.07) is 12.1. The Bertz CT molecular complexity index is 979. The molecule has 28 heavy (non-hydrogen) atoms. The molecule has 1 saturated heterocycles. The third kappa shape index (κ3) is 3.52. The summed E-state index contributed by atoms with van der Waals surface area (Å²) in [6.07, 6.45) is 2.78. The van der Waals surface area contributed by atoms with Crippen LogP contribution in [0.4, 0.5) is 0 Å². The first kappa shape index (κ1) is 18.6. The number of fused-ring (bicyclic) bond motifs is 1.